The van der Waals surface area contributed by atoms with Crippen molar-refractivity contribution in [2.24, 2.45) is 5.92 Å². The normalized spacial score (nSPS) is 18.7. The zero-order chi connectivity index (χ0) is 13.1. The Kier molecular flexibility index (Phi) is 4.15. The highest BCUT2D eigenvalue weighted by molar-refractivity contribution is 5.46. The average Bonchev–Trinajstić information content (AvgIpc) is 2.40. The van der Waals surface area contributed by atoms with Crippen LogP contribution < -0.4 is 5.32 Å². The monoisotopic (exact) mass is 257 g/mol. The summed E-state index contributed by atoms with van der Waals surface area (Å²) in [5, 5.41) is 2.97. The van der Waals surface area contributed by atoms with Gasteiger partial charge in [0.15, 0.2) is 17.5 Å². The van der Waals surface area contributed by atoms with E-state index >= 15 is 0 Å². The van der Waals surface area contributed by atoms with Crippen LogP contribution in [0, 0.1) is 23.4 Å². The summed E-state index contributed by atoms with van der Waals surface area (Å²) in [5.41, 5.74) is 0.0481. The molecular formula is C14H18F3N. The molecule has 100 valence electrons. The van der Waals surface area contributed by atoms with E-state index in [4.69, 9.17) is 0 Å². The van der Waals surface area contributed by atoms with Gasteiger partial charge in [0.2, 0.25) is 0 Å². The molecule has 18 heavy (non-hydrogen) atoms. The highest BCUT2D eigenvalue weighted by Gasteiger charge is 2.22. The van der Waals surface area contributed by atoms with Crippen LogP contribution in [0.1, 0.15) is 39.0 Å². The molecule has 0 amide bonds. The summed E-state index contributed by atoms with van der Waals surface area (Å²) in [6.07, 6.45) is 5.86. The smallest absolute Gasteiger partial charge is 0.196 e. The molecule has 1 saturated carbocycles. The van der Waals surface area contributed by atoms with Crippen LogP contribution in [0.4, 0.5) is 18.9 Å². The second-order valence-electron chi connectivity index (χ2n) is 5.05. The summed E-state index contributed by atoms with van der Waals surface area (Å²) in [6.45, 7) is 1.97. The molecule has 0 saturated heterocycles. The van der Waals surface area contributed by atoms with Gasteiger partial charge in [0.05, 0.1) is 5.69 Å². The van der Waals surface area contributed by atoms with Gasteiger partial charge >= 0.3 is 0 Å². The van der Waals surface area contributed by atoms with Gasteiger partial charge in [-0.25, -0.2) is 13.2 Å². The highest BCUT2D eigenvalue weighted by atomic mass is 19.2. The summed E-state index contributed by atoms with van der Waals surface area (Å²) in [6, 6.07) is 2.28. The fourth-order valence-electron chi connectivity index (χ4n) is 2.63. The first-order valence-corrected chi connectivity index (χ1v) is 6.49. The summed E-state index contributed by atoms with van der Waals surface area (Å²) in [7, 11) is 0. The third-order valence-corrected chi connectivity index (χ3v) is 3.78. The molecule has 1 nitrogen and oxygen atoms in total. The Bertz CT molecular complexity index is 414. The van der Waals surface area contributed by atoms with E-state index in [2.05, 4.69) is 5.32 Å². The topological polar surface area (TPSA) is 12.0 Å². The maximum Gasteiger partial charge on any atom is 0.196 e. The molecule has 0 bridgehead atoms. The first-order chi connectivity index (χ1) is 8.59. The molecule has 1 atom stereocenters. The molecule has 0 spiro atoms. The molecule has 0 radical (unpaired) electrons. The van der Waals surface area contributed by atoms with E-state index in [0.717, 1.165) is 18.9 Å². The summed E-state index contributed by atoms with van der Waals surface area (Å²) >= 11 is 0. The number of nitrogens with one attached hydrogen (secondary N) is 1. The van der Waals surface area contributed by atoms with Crippen LogP contribution in [0.2, 0.25) is 0 Å². The van der Waals surface area contributed by atoms with Gasteiger partial charge in [-0.05, 0) is 37.8 Å². The fraction of sp³-hybridized carbons (Fsp3) is 0.571. The molecule has 1 unspecified atom stereocenters. The predicted octanol–water partition coefficient (Wildman–Crippen LogP) is 4.48. The summed E-state index contributed by atoms with van der Waals surface area (Å²) < 4.78 is 39.4. The molecule has 0 heterocycles. The molecular weight excluding hydrogens is 239 g/mol. The number of hydrogen-bond donors (Lipinski definition) is 1. The van der Waals surface area contributed by atoms with E-state index in [0.29, 0.717) is 5.92 Å². The molecule has 1 aromatic carbocycles. The van der Waals surface area contributed by atoms with Crippen LogP contribution in [0.5, 0.6) is 0 Å². The molecule has 1 fully saturated rings. The Balaban J connectivity index is 2.06. The Morgan fingerprint density at radius 2 is 1.72 bits per heavy atom. The first kappa shape index (κ1) is 13.2. The Labute approximate surface area is 105 Å². The molecule has 1 aliphatic rings. The average molecular weight is 257 g/mol. The Morgan fingerprint density at radius 1 is 1.06 bits per heavy atom. The van der Waals surface area contributed by atoms with Crippen molar-refractivity contribution in [3.8, 4) is 0 Å². The maximum atomic E-state index is 13.5. The van der Waals surface area contributed by atoms with Crippen molar-refractivity contribution in [3.63, 3.8) is 0 Å². The van der Waals surface area contributed by atoms with Crippen molar-refractivity contribution < 1.29 is 13.2 Å². The van der Waals surface area contributed by atoms with E-state index in [1.165, 1.54) is 25.3 Å². The number of halogens is 3. The molecule has 0 aliphatic heterocycles. The molecule has 0 aromatic heterocycles. The van der Waals surface area contributed by atoms with Crippen LogP contribution in [-0.2, 0) is 0 Å². The summed E-state index contributed by atoms with van der Waals surface area (Å²) in [4.78, 5) is 0. The van der Waals surface area contributed by atoms with Crippen LogP contribution in [-0.4, -0.2) is 6.04 Å². The van der Waals surface area contributed by atoms with Crippen molar-refractivity contribution in [1.29, 1.82) is 0 Å². The zero-order valence-corrected chi connectivity index (χ0v) is 10.5. The third-order valence-electron chi connectivity index (χ3n) is 3.78. The van der Waals surface area contributed by atoms with Gasteiger partial charge in [0, 0.05) is 6.04 Å². The van der Waals surface area contributed by atoms with Crippen molar-refractivity contribution >= 4 is 5.69 Å². The lowest BCUT2D eigenvalue weighted by Crippen LogP contribution is -2.28. The van der Waals surface area contributed by atoms with Crippen LogP contribution in [0.15, 0.2) is 12.1 Å². The third kappa shape index (κ3) is 2.79. The van der Waals surface area contributed by atoms with Gasteiger partial charge in [-0.1, -0.05) is 19.3 Å². The molecule has 2 rings (SSSR count). The number of hydrogen-bond acceptors (Lipinski definition) is 1. The van der Waals surface area contributed by atoms with E-state index in [1.807, 2.05) is 6.92 Å². The minimum atomic E-state index is -1.41. The minimum Gasteiger partial charge on any atom is -0.380 e. The number of rotatable bonds is 3. The van der Waals surface area contributed by atoms with Crippen molar-refractivity contribution in [2.45, 2.75) is 45.1 Å². The van der Waals surface area contributed by atoms with E-state index in [9.17, 15) is 13.2 Å². The van der Waals surface area contributed by atoms with Crippen molar-refractivity contribution in [1.82, 2.24) is 0 Å². The largest absolute Gasteiger partial charge is 0.380 e. The standard InChI is InChI=1S/C14H18F3N/c1-9(10-5-3-2-4-6-10)18-12-8-7-11(15)13(16)14(12)17/h7-10,18H,2-6H2,1H3. The Hall–Kier alpha value is -1.19. The van der Waals surface area contributed by atoms with Crippen molar-refractivity contribution in [3.05, 3.63) is 29.6 Å². The zero-order valence-electron chi connectivity index (χ0n) is 10.5. The van der Waals surface area contributed by atoms with E-state index < -0.39 is 17.5 Å². The first-order valence-electron chi connectivity index (χ1n) is 6.49. The van der Waals surface area contributed by atoms with Gasteiger partial charge in [0.1, 0.15) is 0 Å². The second kappa shape index (κ2) is 5.63. The number of anilines is 1. The molecule has 1 aromatic rings. The predicted molar refractivity (Wildman–Crippen MR) is 66.0 cm³/mol. The van der Waals surface area contributed by atoms with Crippen LogP contribution >= 0.6 is 0 Å². The SMILES string of the molecule is CC(Nc1ccc(F)c(F)c1F)C1CCCCC1. The fourth-order valence-corrected chi connectivity index (χ4v) is 2.63. The highest BCUT2D eigenvalue weighted by Crippen LogP contribution is 2.29. The maximum absolute atomic E-state index is 13.5. The lowest BCUT2D eigenvalue weighted by atomic mass is 9.84. The van der Waals surface area contributed by atoms with Gasteiger partial charge in [-0.15, -0.1) is 0 Å². The van der Waals surface area contributed by atoms with E-state index in [-0.39, 0.29) is 11.7 Å². The second-order valence-corrected chi connectivity index (χ2v) is 5.05. The minimum absolute atomic E-state index is 0.0481. The lowest BCUT2D eigenvalue weighted by molar-refractivity contribution is 0.327. The molecule has 4 heteroatoms. The van der Waals surface area contributed by atoms with Crippen LogP contribution in [0.25, 0.3) is 0 Å². The number of benzene rings is 1. The van der Waals surface area contributed by atoms with Crippen molar-refractivity contribution in [2.75, 3.05) is 5.32 Å². The quantitative estimate of drug-likeness (QED) is 0.787. The summed E-state index contributed by atoms with van der Waals surface area (Å²) in [5.74, 6) is -3.21. The van der Waals surface area contributed by atoms with Crippen LogP contribution in [0.3, 0.4) is 0 Å². The van der Waals surface area contributed by atoms with Gasteiger partial charge in [-0.3, -0.25) is 0 Å². The van der Waals surface area contributed by atoms with Gasteiger partial charge in [0.25, 0.3) is 0 Å². The Morgan fingerprint density at radius 3 is 2.39 bits per heavy atom. The van der Waals surface area contributed by atoms with Gasteiger partial charge < -0.3 is 5.32 Å². The van der Waals surface area contributed by atoms with Gasteiger partial charge in [-0.2, -0.15) is 0 Å². The molecule has 1 aliphatic carbocycles. The van der Waals surface area contributed by atoms with E-state index in [1.54, 1.807) is 0 Å². The lowest BCUT2D eigenvalue weighted by Gasteiger charge is -2.29. The molecule has 1 N–H and O–H groups in total.